The van der Waals surface area contributed by atoms with Gasteiger partial charge in [-0.1, -0.05) is 32.3 Å². The predicted molar refractivity (Wildman–Crippen MR) is 148 cm³/mol. The molecule has 1 aliphatic carbocycles. The van der Waals surface area contributed by atoms with Crippen LogP contribution in [0, 0.1) is 0 Å². The lowest BCUT2D eigenvalue weighted by Gasteiger charge is -2.28. The highest BCUT2D eigenvalue weighted by Crippen LogP contribution is 2.34. The maximum atomic E-state index is 12.9. The van der Waals surface area contributed by atoms with Gasteiger partial charge in [-0.2, -0.15) is 0 Å². The molecule has 0 bridgehead atoms. The number of ether oxygens (including phenoxy) is 3. The Kier molecular flexibility index (Phi) is 10.4. The Hall–Kier alpha value is -3.06. The van der Waals surface area contributed by atoms with Crippen LogP contribution in [0.1, 0.15) is 86.6 Å². The molecule has 0 radical (unpaired) electrons. The van der Waals surface area contributed by atoms with E-state index in [1.54, 1.807) is 19.2 Å². The molecule has 2 aliphatic rings. The maximum absolute atomic E-state index is 12.9. The van der Waals surface area contributed by atoms with Gasteiger partial charge in [0.1, 0.15) is 19.0 Å². The molecule has 1 fully saturated rings. The standard InChI is InChI=1S/C31H42N2O5/c1-22(24-14-17-29-30(20-24)38-19-18-37-29)27(21-32-25-8-6-7-9-25)33-31(35)11-5-3-4-10-28(34)23-12-15-26(36-2)16-13-23/h12-17,20,22,25,27,32H,3-11,18-19,21H2,1-2H3,(H,33,35)/t22-,27?/m1/s1. The fourth-order valence-electron chi connectivity index (χ4n) is 5.30. The quantitative estimate of drug-likeness (QED) is 0.255. The number of amides is 1. The van der Waals surface area contributed by atoms with Crippen LogP contribution in [0.5, 0.6) is 17.2 Å². The number of Topliss-reactive ketones (excluding diaryl/α,β-unsaturated/α-hetero) is 1. The van der Waals surface area contributed by atoms with Crippen molar-refractivity contribution >= 4 is 11.7 Å². The molecular formula is C31H42N2O5. The molecule has 1 unspecified atom stereocenters. The Balaban J connectivity index is 1.25. The summed E-state index contributed by atoms with van der Waals surface area (Å²) in [5, 5.41) is 7.00. The zero-order valence-corrected chi connectivity index (χ0v) is 22.8. The van der Waals surface area contributed by atoms with Gasteiger partial charge in [0, 0.05) is 43.0 Å². The summed E-state index contributed by atoms with van der Waals surface area (Å²) >= 11 is 0. The summed E-state index contributed by atoms with van der Waals surface area (Å²) in [7, 11) is 1.61. The van der Waals surface area contributed by atoms with Gasteiger partial charge in [0.05, 0.1) is 7.11 Å². The van der Waals surface area contributed by atoms with Crippen LogP contribution in [-0.4, -0.2) is 50.6 Å². The number of carbonyl (C=O) groups excluding carboxylic acids is 2. The summed E-state index contributed by atoms with van der Waals surface area (Å²) < 4.78 is 16.6. The topological polar surface area (TPSA) is 85.9 Å². The van der Waals surface area contributed by atoms with Crippen LogP contribution in [-0.2, 0) is 4.79 Å². The highest BCUT2D eigenvalue weighted by atomic mass is 16.6. The largest absolute Gasteiger partial charge is 0.497 e. The number of hydrogen-bond acceptors (Lipinski definition) is 6. The molecular weight excluding hydrogens is 480 g/mol. The SMILES string of the molecule is COc1ccc(C(=O)CCCCCC(=O)NC(CNC2CCCC2)[C@H](C)c2ccc3c(c2)OCCO3)cc1. The van der Waals surface area contributed by atoms with Crippen molar-refractivity contribution in [3.05, 3.63) is 53.6 Å². The van der Waals surface area contributed by atoms with Crippen LogP contribution >= 0.6 is 0 Å². The highest BCUT2D eigenvalue weighted by molar-refractivity contribution is 5.96. The minimum Gasteiger partial charge on any atom is -0.497 e. The smallest absolute Gasteiger partial charge is 0.220 e. The van der Waals surface area contributed by atoms with Gasteiger partial charge in [-0.15, -0.1) is 0 Å². The van der Waals surface area contributed by atoms with Gasteiger partial charge in [-0.05, 0) is 67.6 Å². The van der Waals surface area contributed by atoms with Crippen LogP contribution in [0.15, 0.2) is 42.5 Å². The Morgan fingerprint density at radius 3 is 2.39 bits per heavy atom. The predicted octanol–water partition coefficient (Wildman–Crippen LogP) is 5.42. The second-order valence-corrected chi connectivity index (χ2v) is 10.5. The number of ketones is 1. The number of hydrogen-bond donors (Lipinski definition) is 2. The van der Waals surface area contributed by atoms with Crippen molar-refractivity contribution < 1.29 is 23.8 Å². The molecule has 0 saturated heterocycles. The third-order valence-corrected chi connectivity index (χ3v) is 7.74. The fraction of sp³-hybridized carbons (Fsp3) is 0.548. The first kappa shape index (κ1) is 28.0. The average molecular weight is 523 g/mol. The molecule has 2 aromatic rings. The molecule has 0 spiro atoms. The minimum absolute atomic E-state index is 0.0256. The summed E-state index contributed by atoms with van der Waals surface area (Å²) in [6.45, 7) is 4.03. The first-order chi connectivity index (χ1) is 18.5. The summed E-state index contributed by atoms with van der Waals surface area (Å²) in [5.41, 5.74) is 1.83. The lowest BCUT2D eigenvalue weighted by atomic mass is 9.92. The molecule has 2 aromatic carbocycles. The van der Waals surface area contributed by atoms with Crippen molar-refractivity contribution in [1.29, 1.82) is 0 Å². The van der Waals surface area contributed by atoms with E-state index in [9.17, 15) is 9.59 Å². The fourth-order valence-corrected chi connectivity index (χ4v) is 5.30. The summed E-state index contributed by atoms with van der Waals surface area (Å²) in [5.74, 6) is 2.61. The van der Waals surface area contributed by atoms with Crippen LogP contribution in [0.25, 0.3) is 0 Å². The number of unbranched alkanes of at least 4 members (excludes halogenated alkanes) is 2. The van der Waals surface area contributed by atoms with Crippen molar-refractivity contribution in [3.63, 3.8) is 0 Å². The first-order valence-electron chi connectivity index (χ1n) is 14.1. The summed E-state index contributed by atoms with van der Waals surface area (Å²) in [6.07, 6.45) is 8.29. The third-order valence-electron chi connectivity index (χ3n) is 7.74. The molecule has 1 heterocycles. The molecule has 2 atom stereocenters. The second-order valence-electron chi connectivity index (χ2n) is 10.5. The van der Waals surface area contributed by atoms with E-state index >= 15 is 0 Å². The number of rotatable bonds is 14. The second kappa shape index (κ2) is 14.2. The molecule has 1 aliphatic heterocycles. The molecule has 1 amide bonds. The Bertz CT molecular complexity index is 1050. The Labute approximate surface area is 226 Å². The first-order valence-corrected chi connectivity index (χ1v) is 14.1. The van der Waals surface area contributed by atoms with Gasteiger partial charge in [0.25, 0.3) is 0 Å². The van der Waals surface area contributed by atoms with Crippen molar-refractivity contribution in [3.8, 4) is 17.2 Å². The van der Waals surface area contributed by atoms with E-state index in [1.807, 2.05) is 24.3 Å². The van der Waals surface area contributed by atoms with Crippen molar-refractivity contribution in [2.45, 2.75) is 82.7 Å². The van der Waals surface area contributed by atoms with E-state index < -0.39 is 0 Å². The monoisotopic (exact) mass is 522 g/mol. The van der Waals surface area contributed by atoms with Crippen molar-refractivity contribution in [2.24, 2.45) is 0 Å². The van der Waals surface area contributed by atoms with E-state index in [0.29, 0.717) is 37.7 Å². The molecule has 4 rings (SSSR count). The molecule has 1 saturated carbocycles. The Morgan fingerprint density at radius 1 is 0.947 bits per heavy atom. The van der Waals surface area contributed by atoms with Gasteiger partial charge in [0.15, 0.2) is 17.3 Å². The van der Waals surface area contributed by atoms with Crippen LogP contribution in [0.2, 0.25) is 0 Å². The van der Waals surface area contributed by atoms with E-state index in [0.717, 1.165) is 48.6 Å². The van der Waals surface area contributed by atoms with Crippen LogP contribution in [0.3, 0.4) is 0 Å². The van der Waals surface area contributed by atoms with E-state index in [-0.39, 0.29) is 23.7 Å². The average Bonchev–Trinajstić information content (AvgIpc) is 3.48. The van der Waals surface area contributed by atoms with Gasteiger partial charge in [-0.3, -0.25) is 9.59 Å². The van der Waals surface area contributed by atoms with Gasteiger partial charge in [-0.25, -0.2) is 0 Å². The molecule has 7 nitrogen and oxygen atoms in total. The highest BCUT2D eigenvalue weighted by Gasteiger charge is 2.25. The molecule has 206 valence electrons. The van der Waals surface area contributed by atoms with E-state index in [1.165, 1.54) is 25.7 Å². The van der Waals surface area contributed by atoms with Crippen molar-refractivity contribution in [1.82, 2.24) is 10.6 Å². The number of methoxy groups -OCH3 is 1. The normalized spacial score (nSPS) is 16.6. The Morgan fingerprint density at radius 2 is 1.66 bits per heavy atom. The van der Waals surface area contributed by atoms with Gasteiger partial charge in [0.2, 0.25) is 5.91 Å². The molecule has 0 aromatic heterocycles. The number of fused-ring (bicyclic) bond motifs is 1. The van der Waals surface area contributed by atoms with E-state index in [2.05, 4.69) is 23.6 Å². The lowest BCUT2D eigenvalue weighted by molar-refractivity contribution is -0.122. The third kappa shape index (κ3) is 7.97. The van der Waals surface area contributed by atoms with Crippen molar-refractivity contribution in [2.75, 3.05) is 26.9 Å². The number of nitrogens with one attached hydrogen (secondary N) is 2. The zero-order valence-electron chi connectivity index (χ0n) is 22.8. The number of benzene rings is 2. The van der Waals surface area contributed by atoms with E-state index in [4.69, 9.17) is 14.2 Å². The molecule has 7 heteroatoms. The minimum atomic E-state index is -0.0256. The molecule has 38 heavy (non-hydrogen) atoms. The summed E-state index contributed by atoms with van der Waals surface area (Å²) in [6, 6.07) is 13.8. The number of carbonyl (C=O) groups is 2. The van der Waals surface area contributed by atoms with Gasteiger partial charge < -0.3 is 24.8 Å². The van der Waals surface area contributed by atoms with Crippen LogP contribution in [0.4, 0.5) is 0 Å². The van der Waals surface area contributed by atoms with Crippen LogP contribution < -0.4 is 24.8 Å². The zero-order chi connectivity index (χ0) is 26.7. The summed E-state index contributed by atoms with van der Waals surface area (Å²) in [4.78, 5) is 25.4. The lowest BCUT2D eigenvalue weighted by Crippen LogP contribution is -2.47. The molecule has 2 N–H and O–H groups in total. The maximum Gasteiger partial charge on any atom is 0.220 e. The van der Waals surface area contributed by atoms with Gasteiger partial charge >= 0.3 is 0 Å².